The predicted molar refractivity (Wildman–Crippen MR) is 102 cm³/mol. The number of aromatic nitrogens is 2. The van der Waals surface area contributed by atoms with Crippen molar-refractivity contribution in [1.29, 1.82) is 0 Å². The summed E-state index contributed by atoms with van der Waals surface area (Å²) in [6.07, 6.45) is 2.71. The molecule has 0 atom stereocenters. The number of rotatable bonds is 3. The first-order valence-corrected chi connectivity index (χ1v) is 9.10. The molecule has 0 radical (unpaired) electrons. The summed E-state index contributed by atoms with van der Waals surface area (Å²) in [5, 5.41) is 0.607. The van der Waals surface area contributed by atoms with Crippen LogP contribution in [0.25, 0.3) is 11.4 Å². The molecule has 4 rings (SSSR count). The normalized spacial score (nSPS) is 13.3. The Morgan fingerprint density at radius 2 is 1.93 bits per heavy atom. The third-order valence-corrected chi connectivity index (χ3v) is 5.06. The van der Waals surface area contributed by atoms with E-state index in [1.54, 1.807) is 24.4 Å². The van der Waals surface area contributed by atoms with E-state index in [-0.39, 0.29) is 18.1 Å². The zero-order valence-electron chi connectivity index (χ0n) is 14.5. The zero-order valence-corrected chi connectivity index (χ0v) is 15.3. The first-order valence-electron chi connectivity index (χ1n) is 8.72. The maximum absolute atomic E-state index is 13.1. The molecule has 27 heavy (non-hydrogen) atoms. The molecule has 2 aromatic carbocycles. The van der Waals surface area contributed by atoms with Gasteiger partial charge in [0.25, 0.3) is 0 Å². The fourth-order valence-electron chi connectivity index (χ4n) is 3.18. The van der Waals surface area contributed by atoms with E-state index in [9.17, 15) is 9.18 Å². The van der Waals surface area contributed by atoms with Gasteiger partial charge in [0.2, 0.25) is 5.91 Å². The van der Waals surface area contributed by atoms with Crippen molar-refractivity contribution in [2.45, 2.75) is 19.4 Å². The molecule has 1 aliphatic rings. The lowest BCUT2D eigenvalue weighted by atomic mass is 10.0. The number of benzene rings is 2. The Balaban J connectivity index is 1.49. The van der Waals surface area contributed by atoms with Crippen LogP contribution in [-0.2, 0) is 24.2 Å². The molecule has 0 aliphatic carbocycles. The maximum atomic E-state index is 13.1. The molecule has 0 saturated heterocycles. The van der Waals surface area contributed by atoms with Gasteiger partial charge in [-0.15, -0.1) is 0 Å². The molecule has 0 bridgehead atoms. The predicted octanol–water partition coefficient (Wildman–Crippen LogP) is 4.06. The Morgan fingerprint density at radius 3 is 2.70 bits per heavy atom. The van der Waals surface area contributed by atoms with Crippen molar-refractivity contribution < 1.29 is 9.18 Å². The van der Waals surface area contributed by atoms with Gasteiger partial charge < -0.3 is 4.90 Å². The molecular formula is C21H17ClFN3O. The molecule has 0 fully saturated rings. The van der Waals surface area contributed by atoms with Crippen LogP contribution in [0.4, 0.5) is 4.39 Å². The van der Waals surface area contributed by atoms with E-state index >= 15 is 0 Å². The fourth-order valence-corrected chi connectivity index (χ4v) is 3.39. The van der Waals surface area contributed by atoms with Crippen molar-refractivity contribution in [3.63, 3.8) is 0 Å². The van der Waals surface area contributed by atoms with Crippen molar-refractivity contribution in [2.24, 2.45) is 0 Å². The molecule has 4 nitrogen and oxygen atoms in total. The molecule has 1 aliphatic heterocycles. The largest absolute Gasteiger partial charge is 0.338 e. The molecule has 1 amide bonds. The van der Waals surface area contributed by atoms with Gasteiger partial charge in [0.15, 0.2) is 5.82 Å². The molecule has 6 heteroatoms. The second-order valence-corrected chi connectivity index (χ2v) is 6.91. The second-order valence-electron chi connectivity index (χ2n) is 6.51. The number of carbonyl (C=O) groups excluding carboxylic acids is 1. The smallest absolute Gasteiger partial charge is 0.227 e. The number of fused-ring (bicyclic) bond motifs is 1. The summed E-state index contributed by atoms with van der Waals surface area (Å²) in [7, 11) is 0. The lowest BCUT2D eigenvalue weighted by Crippen LogP contribution is -2.37. The molecular weight excluding hydrogens is 365 g/mol. The highest BCUT2D eigenvalue weighted by Crippen LogP contribution is 2.23. The number of hydrogen-bond donors (Lipinski definition) is 0. The van der Waals surface area contributed by atoms with E-state index in [4.69, 9.17) is 11.6 Å². The number of nitrogens with zero attached hydrogens (tertiary/aromatic N) is 3. The standard InChI is InChI=1S/C21H17ClFN3O/c22-18-4-2-1-3-15(18)11-20(27)26-10-9-19-16(13-26)12-24-21(25-19)14-5-7-17(23)8-6-14/h1-8,12H,9-11,13H2. The van der Waals surface area contributed by atoms with Gasteiger partial charge in [-0.3, -0.25) is 4.79 Å². The zero-order chi connectivity index (χ0) is 18.8. The topological polar surface area (TPSA) is 46.1 Å². The SMILES string of the molecule is O=C(Cc1ccccc1Cl)N1CCc2nc(-c3ccc(F)cc3)ncc2C1. The van der Waals surface area contributed by atoms with Gasteiger partial charge in [0.1, 0.15) is 5.82 Å². The lowest BCUT2D eigenvalue weighted by Gasteiger charge is -2.28. The Labute approximate surface area is 161 Å². The maximum Gasteiger partial charge on any atom is 0.227 e. The van der Waals surface area contributed by atoms with Gasteiger partial charge in [0.05, 0.1) is 12.1 Å². The van der Waals surface area contributed by atoms with E-state index in [1.807, 2.05) is 23.1 Å². The molecule has 1 aromatic heterocycles. The van der Waals surface area contributed by atoms with Crippen LogP contribution in [0.3, 0.4) is 0 Å². The van der Waals surface area contributed by atoms with Crippen LogP contribution < -0.4 is 0 Å². The fraction of sp³-hybridized carbons (Fsp3) is 0.190. The highest BCUT2D eigenvalue weighted by molar-refractivity contribution is 6.31. The molecule has 0 N–H and O–H groups in total. The van der Waals surface area contributed by atoms with Crippen LogP contribution in [0.1, 0.15) is 16.8 Å². The molecule has 0 spiro atoms. The van der Waals surface area contributed by atoms with Gasteiger partial charge >= 0.3 is 0 Å². The van der Waals surface area contributed by atoms with Gasteiger partial charge in [-0.05, 0) is 35.9 Å². The minimum Gasteiger partial charge on any atom is -0.338 e. The van der Waals surface area contributed by atoms with Gasteiger partial charge in [-0.2, -0.15) is 0 Å². The quantitative estimate of drug-likeness (QED) is 0.687. The monoisotopic (exact) mass is 381 g/mol. The van der Waals surface area contributed by atoms with Crippen molar-refractivity contribution in [1.82, 2.24) is 14.9 Å². The van der Waals surface area contributed by atoms with Crippen LogP contribution in [0.2, 0.25) is 5.02 Å². The molecule has 0 unspecified atom stereocenters. The van der Waals surface area contributed by atoms with E-state index in [1.165, 1.54) is 12.1 Å². The van der Waals surface area contributed by atoms with E-state index in [2.05, 4.69) is 9.97 Å². The minimum absolute atomic E-state index is 0.0383. The van der Waals surface area contributed by atoms with Crippen LogP contribution in [0.5, 0.6) is 0 Å². The summed E-state index contributed by atoms with van der Waals surface area (Å²) in [4.78, 5) is 23.5. The van der Waals surface area contributed by atoms with E-state index < -0.39 is 0 Å². The number of carbonyl (C=O) groups is 1. The van der Waals surface area contributed by atoms with Crippen molar-refractivity contribution >= 4 is 17.5 Å². The second kappa shape index (κ2) is 7.45. The Morgan fingerprint density at radius 1 is 1.15 bits per heavy atom. The average molecular weight is 382 g/mol. The number of halogens is 2. The Bertz CT molecular complexity index is 991. The van der Waals surface area contributed by atoms with Gasteiger partial charge in [0, 0.05) is 41.9 Å². The van der Waals surface area contributed by atoms with Crippen molar-refractivity contribution in [3.8, 4) is 11.4 Å². The first kappa shape index (κ1) is 17.6. The summed E-state index contributed by atoms with van der Waals surface area (Å²) in [6.45, 7) is 1.10. The molecule has 0 saturated carbocycles. The molecule has 3 aromatic rings. The van der Waals surface area contributed by atoms with Gasteiger partial charge in [-0.1, -0.05) is 29.8 Å². The highest BCUT2D eigenvalue weighted by atomic mass is 35.5. The third-order valence-electron chi connectivity index (χ3n) is 4.69. The average Bonchev–Trinajstić information content (AvgIpc) is 2.69. The summed E-state index contributed by atoms with van der Waals surface area (Å²) >= 11 is 6.16. The summed E-state index contributed by atoms with van der Waals surface area (Å²) in [6, 6.07) is 13.5. The van der Waals surface area contributed by atoms with Crippen molar-refractivity contribution in [2.75, 3.05) is 6.54 Å². The Hall–Kier alpha value is -2.79. The minimum atomic E-state index is -0.288. The van der Waals surface area contributed by atoms with Crippen molar-refractivity contribution in [3.05, 3.63) is 82.4 Å². The third kappa shape index (κ3) is 3.83. The van der Waals surface area contributed by atoms with Crippen LogP contribution in [0, 0.1) is 5.82 Å². The van der Waals surface area contributed by atoms with Crippen LogP contribution >= 0.6 is 11.6 Å². The summed E-state index contributed by atoms with van der Waals surface area (Å²) in [5.74, 6) is 0.324. The van der Waals surface area contributed by atoms with Crippen LogP contribution in [0.15, 0.2) is 54.7 Å². The van der Waals surface area contributed by atoms with Gasteiger partial charge in [-0.25, -0.2) is 14.4 Å². The first-order chi connectivity index (χ1) is 13.1. The highest BCUT2D eigenvalue weighted by Gasteiger charge is 2.23. The van der Waals surface area contributed by atoms with E-state index in [0.717, 1.165) is 22.4 Å². The number of amides is 1. The number of hydrogen-bond acceptors (Lipinski definition) is 3. The van der Waals surface area contributed by atoms with E-state index in [0.29, 0.717) is 30.4 Å². The molecule has 136 valence electrons. The van der Waals surface area contributed by atoms with Crippen LogP contribution in [-0.4, -0.2) is 27.3 Å². The summed E-state index contributed by atoms with van der Waals surface area (Å²) in [5.41, 5.74) is 3.49. The molecule has 2 heterocycles. The summed E-state index contributed by atoms with van der Waals surface area (Å²) < 4.78 is 13.1. The lowest BCUT2D eigenvalue weighted by molar-refractivity contribution is -0.131. The Kier molecular flexibility index (Phi) is 4.86.